The zero-order valence-electron chi connectivity index (χ0n) is 12.2. The van der Waals surface area contributed by atoms with Gasteiger partial charge in [-0.15, -0.1) is 0 Å². The third-order valence-corrected chi connectivity index (χ3v) is 3.81. The summed E-state index contributed by atoms with van der Waals surface area (Å²) in [5.41, 5.74) is 1.98. The van der Waals surface area contributed by atoms with Gasteiger partial charge in [-0.2, -0.15) is 5.26 Å². The Balaban J connectivity index is 2.08. The SMILES string of the molecule is CN(C(=O)c1ccncc1Cl)c1cc(C#N)c2ncccc2c1. The molecule has 0 atom stereocenters. The molecule has 5 nitrogen and oxygen atoms in total. The lowest BCUT2D eigenvalue weighted by atomic mass is 10.1. The van der Waals surface area contributed by atoms with Gasteiger partial charge in [0.15, 0.2) is 0 Å². The number of aromatic nitrogens is 2. The van der Waals surface area contributed by atoms with Crippen LogP contribution in [0, 0.1) is 11.3 Å². The molecule has 0 spiro atoms. The van der Waals surface area contributed by atoms with Gasteiger partial charge in [-0.1, -0.05) is 17.7 Å². The number of pyridine rings is 2. The minimum absolute atomic E-state index is 0.274. The average Bonchev–Trinajstić information content (AvgIpc) is 2.60. The van der Waals surface area contributed by atoms with Crippen molar-refractivity contribution in [2.45, 2.75) is 0 Å². The van der Waals surface area contributed by atoms with Crippen molar-refractivity contribution in [1.29, 1.82) is 5.26 Å². The molecule has 1 aromatic carbocycles. The van der Waals surface area contributed by atoms with Gasteiger partial charge in [0.2, 0.25) is 0 Å². The lowest BCUT2D eigenvalue weighted by molar-refractivity contribution is 0.0993. The van der Waals surface area contributed by atoms with E-state index in [1.54, 1.807) is 31.4 Å². The Hall–Kier alpha value is -2.97. The van der Waals surface area contributed by atoms with Gasteiger partial charge in [-0.25, -0.2) is 0 Å². The summed E-state index contributed by atoms with van der Waals surface area (Å²) in [5.74, 6) is -0.274. The highest BCUT2D eigenvalue weighted by atomic mass is 35.5. The summed E-state index contributed by atoms with van der Waals surface area (Å²) in [6.07, 6.45) is 4.57. The summed E-state index contributed by atoms with van der Waals surface area (Å²) in [7, 11) is 1.64. The topological polar surface area (TPSA) is 69.9 Å². The lowest BCUT2D eigenvalue weighted by Gasteiger charge is -2.19. The summed E-state index contributed by atoms with van der Waals surface area (Å²) in [6.45, 7) is 0. The van der Waals surface area contributed by atoms with Crippen molar-refractivity contribution < 1.29 is 4.79 Å². The van der Waals surface area contributed by atoms with Gasteiger partial charge in [-0.3, -0.25) is 14.8 Å². The highest BCUT2D eigenvalue weighted by Gasteiger charge is 2.18. The predicted molar refractivity (Wildman–Crippen MR) is 88.4 cm³/mol. The van der Waals surface area contributed by atoms with Crippen molar-refractivity contribution >= 4 is 34.1 Å². The third-order valence-electron chi connectivity index (χ3n) is 3.50. The Bertz CT molecular complexity index is 949. The van der Waals surface area contributed by atoms with E-state index >= 15 is 0 Å². The zero-order chi connectivity index (χ0) is 16.4. The number of fused-ring (bicyclic) bond motifs is 1. The second-order valence-electron chi connectivity index (χ2n) is 4.90. The number of benzene rings is 1. The number of amides is 1. The molecule has 112 valence electrons. The number of halogens is 1. The number of nitriles is 1. The van der Waals surface area contributed by atoms with Gasteiger partial charge in [0.25, 0.3) is 5.91 Å². The van der Waals surface area contributed by atoms with Crippen LogP contribution in [0.4, 0.5) is 5.69 Å². The first-order valence-electron chi connectivity index (χ1n) is 6.78. The molecule has 6 heteroatoms. The Kier molecular flexibility index (Phi) is 3.92. The number of rotatable bonds is 2. The van der Waals surface area contributed by atoms with Crippen molar-refractivity contribution in [2.24, 2.45) is 0 Å². The monoisotopic (exact) mass is 322 g/mol. The van der Waals surface area contributed by atoms with Gasteiger partial charge in [0.05, 0.1) is 21.7 Å². The molecule has 0 aliphatic carbocycles. The molecule has 23 heavy (non-hydrogen) atoms. The lowest BCUT2D eigenvalue weighted by Crippen LogP contribution is -2.26. The molecule has 0 bridgehead atoms. The first-order valence-corrected chi connectivity index (χ1v) is 7.16. The highest BCUT2D eigenvalue weighted by Crippen LogP contribution is 2.26. The molecule has 0 unspecified atom stereocenters. The molecular formula is C17H11ClN4O. The van der Waals surface area contributed by atoms with E-state index in [4.69, 9.17) is 11.6 Å². The first kappa shape index (κ1) is 14.9. The normalized spacial score (nSPS) is 10.3. The van der Waals surface area contributed by atoms with E-state index in [1.807, 2.05) is 12.1 Å². The number of nitrogens with zero attached hydrogens (tertiary/aromatic N) is 4. The molecule has 0 saturated heterocycles. The number of anilines is 1. The Morgan fingerprint density at radius 1 is 1.30 bits per heavy atom. The smallest absolute Gasteiger partial charge is 0.259 e. The minimum Gasteiger partial charge on any atom is -0.311 e. The molecule has 2 heterocycles. The molecule has 3 aromatic rings. The van der Waals surface area contributed by atoms with Gasteiger partial charge in [0.1, 0.15) is 6.07 Å². The van der Waals surface area contributed by atoms with E-state index in [0.29, 0.717) is 22.3 Å². The van der Waals surface area contributed by atoms with Gasteiger partial charge < -0.3 is 4.90 Å². The Morgan fingerprint density at radius 3 is 2.87 bits per heavy atom. The molecule has 0 saturated carbocycles. The van der Waals surface area contributed by atoms with Crippen LogP contribution in [0.3, 0.4) is 0 Å². The predicted octanol–water partition coefficient (Wildman–Crippen LogP) is 3.43. The standard InChI is InChI=1S/C17H11ClN4O/c1-22(17(23)14-4-6-20-10-15(14)18)13-7-11-3-2-5-21-16(11)12(8-13)9-19/h2-8,10H,1H3. The van der Waals surface area contributed by atoms with E-state index in [9.17, 15) is 10.1 Å². The second kappa shape index (κ2) is 6.03. The molecule has 1 amide bonds. The maximum atomic E-state index is 12.6. The molecule has 0 aliphatic heterocycles. The molecule has 0 N–H and O–H groups in total. The summed E-state index contributed by atoms with van der Waals surface area (Å²) < 4.78 is 0. The van der Waals surface area contributed by atoms with Crippen LogP contribution in [0.25, 0.3) is 10.9 Å². The summed E-state index contributed by atoms with van der Waals surface area (Å²) >= 11 is 6.03. The van der Waals surface area contributed by atoms with Crippen LogP contribution in [-0.2, 0) is 0 Å². The van der Waals surface area contributed by atoms with Crippen LogP contribution in [0.5, 0.6) is 0 Å². The van der Waals surface area contributed by atoms with Crippen molar-refractivity contribution in [1.82, 2.24) is 9.97 Å². The maximum absolute atomic E-state index is 12.6. The number of carbonyl (C=O) groups excluding carboxylic acids is 1. The number of hydrogen-bond acceptors (Lipinski definition) is 4. The maximum Gasteiger partial charge on any atom is 0.259 e. The Morgan fingerprint density at radius 2 is 2.13 bits per heavy atom. The van der Waals surface area contributed by atoms with Crippen molar-refractivity contribution in [3.8, 4) is 6.07 Å². The van der Waals surface area contributed by atoms with Crippen molar-refractivity contribution in [2.75, 3.05) is 11.9 Å². The van der Waals surface area contributed by atoms with E-state index in [-0.39, 0.29) is 10.9 Å². The van der Waals surface area contributed by atoms with Gasteiger partial charge in [0, 0.05) is 36.7 Å². The van der Waals surface area contributed by atoms with E-state index in [1.165, 1.54) is 17.3 Å². The van der Waals surface area contributed by atoms with Crippen LogP contribution in [0.15, 0.2) is 48.9 Å². The molecule has 3 rings (SSSR count). The van der Waals surface area contributed by atoms with Crippen LogP contribution in [0.1, 0.15) is 15.9 Å². The molecule has 2 aromatic heterocycles. The zero-order valence-corrected chi connectivity index (χ0v) is 12.9. The fraction of sp³-hybridized carbons (Fsp3) is 0.0588. The second-order valence-corrected chi connectivity index (χ2v) is 5.31. The minimum atomic E-state index is -0.274. The number of hydrogen-bond donors (Lipinski definition) is 0. The molecular weight excluding hydrogens is 312 g/mol. The van der Waals surface area contributed by atoms with Crippen molar-refractivity contribution in [3.05, 3.63) is 65.1 Å². The molecule has 0 fully saturated rings. The van der Waals surface area contributed by atoms with Crippen LogP contribution in [0.2, 0.25) is 5.02 Å². The highest BCUT2D eigenvalue weighted by molar-refractivity contribution is 6.34. The van der Waals surface area contributed by atoms with E-state index < -0.39 is 0 Å². The van der Waals surface area contributed by atoms with Crippen LogP contribution < -0.4 is 4.90 Å². The van der Waals surface area contributed by atoms with Crippen LogP contribution >= 0.6 is 11.6 Å². The summed E-state index contributed by atoms with van der Waals surface area (Å²) in [6, 6.07) is 10.8. The van der Waals surface area contributed by atoms with E-state index in [2.05, 4.69) is 16.0 Å². The largest absolute Gasteiger partial charge is 0.311 e. The first-order chi connectivity index (χ1) is 11.1. The fourth-order valence-electron chi connectivity index (χ4n) is 2.30. The van der Waals surface area contributed by atoms with E-state index in [0.717, 1.165) is 5.39 Å². The van der Waals surface area contributed by atoms with Gasteiger partial charge >= 0.3 is 0 Å². The molecule has 0 aliphatic rings. The summed E-state index contributed by atoms with van der Waals surface area (Å²) in [5, 5.41) is 10.4. The summed E-state index contributed by atoms with van der Waals surface area (Å²) in [4.78, 5) is 22.2. The average molecular weight is 323 g/mol. The van der Waals surface area contributed by atoms with Gasteiger partial charge in [-0.05, 0) is 24.3 Å². The third kappa shape index (κ3) is 2.72. The fourth-order valence-corrected chi connectivity index (χ4v) is 2.50. The van der Waals surface area contributed by atoms with Crippen LogP contribution in [-0.4, -0.2) is 22.9 Å². The van der Waals surface area contributed by atoms with Crippen molar-refractivity contribution in [3.63, 3.8) is 0 Å². The number of carbonyl (C=O) groups is 1. The molecule has 0 radical (unpaired) electrons. The Labute approximate surface area is 137 Å². The quantitative estimate of drug-likeness (QED) is 0.724.